The predicted molar refractivity (Wildman–Crippen MR) is 94.0 cm³/mol. The molecule has 1 aromatic rings. The molecule has 0 atom stereocenters. The number of carbonyl (C=O) groups is 1. The van der Waals surface area contributed by atoms with Crippen LogP contribution in [0.5, 0.6) is 5.75 Å². The molecule has 0 saturated carbocycles. The summed E-state index contributed by atoms with van der Waals surface area (Å²) in [7, 11) is 3.23. The molecule has 0 spiro atoms. The van der Waals surface area contributed by atoms with Crippen LogP contribution >= 0.6 is 24.0 Å². The molecule has 0 bridgehead atoms. The van der Waals surface area contributed by atoms with Gasteiger partial charge in [-0.3, -0.25) is 4.79 Å². The quantitative estimate of drug-likeness (QED) is 0.816. The Hall–Kier alpha value is -1.01. The molecular formula is C16H24Cl2N2O3. The first-order chi connectivity index (χ1) is 10.6. The van der Waals surface area contributed by atoms with Crippen molar-refractivity contribution in [2.75, 3.05) is 40.5 Å². The Morgan fingerprint density at radius 3 is 2.65 bits per heavy atom. The number of halogens is 2. The van der Waals surface area contributed by atoms with Crippen LogP contribution in [0.4, 0.5) is 0 Å². The average molecular weight is 363 g/mol. The zero-order valence-electron chi connectivity index (χ0n) is 13.5. The van der Waals surface area contributed by atoms with Crippen LogP contribution in [-0.2, 0) is 4.74 Å². The minimum atomic E-state index is -0.212. The highest BCUT2D eigenvalue weighted by atomic mass is 35.5. The second kappa shape index (κ2) is 9.33. The highest BCUT2D eigenvalue weighted by molar-refractivity contribution is 6.34. The normalized spacial score (nSPS) is 16.3. The van der Waals surface area contributed by atoms with E-state index in [1.165, 1.54) is 7.11 Å². The standard InChI is InChI=1S/C16H23ClN2O3.ClH/c1-21-11-16(6-8-18-9-7-16)10-19-15(20)14-12(17)4-3-5-13(14)22-2;/h3-5,18H,6-11H2,1-2H3,(H,19,20);1H. The first-order valence-electron chi connectivity index (χ1n) is 7.42. The molecule has 1 heterocycles. The zero-order valence-corrected chi connectivity index (χ0v) is 15.1. The van der Waals surface area contributed by atoms with Gasteiger partial charge in [-0.25, -0.2) is 0 Å². The minimum absolute atomic E-state index is 0. The van der Waals surface area contributed by atoms with Crippen molar-refractivity contribution in [3.05, 3.63) is 28.8 Å². The first kappa shape index (κ1) is 20.0. The Labute approximate surface area is 148 Å². The van der Waals surface area contributed by atoms with Crippen LogP contribution < -0.4 is 15.4 Å². The summed E-state index contributed by atoms with van der Waals surface area (Å²) in [6.45, 7) is 3.08. The third kappa shape index (κ3) is 4.98. The third-order valence-electron chi connectivity index (χ3n) is 4.16. The van der Waals surface area contributed by atoms with Gasteiger partial charge in [0.15, 0.2) is 0 Å². The fourth-order valence-corrected chi connectivity index (χ4v) is 3.14. The lowest BCUT2D eigenvalue weighted by Crippen LogP contribution is -2.47. The number of piperidine rings is 1. The van der Waals surface area contributed by atoms with Crippen LogP contribution in [0.15, 0.2) is 18.2 Å². The average Bonchev–Trinajstić information content (AvgIpc) is 2.53. The molecular weight excluding hydrogens is 339 g/mol. The number of ether oxygens (including phenoxy) is 2. The smallest absolute Gasteiger partial charge is 0.256 e. The molecule has 0 aromatic heterocycles. The summed E-state index contributed by atoms with van der Waals surface area (Å²) in [6.07, 6.45) is 1.95. The van der Waals surface area contributed by atoms with Gasteiger partial charge in [0.1, 0.15) is 5.75 Å². The highest BCUT2D eigenvalue weighted by Gasteiger charge is 2.33. The van der Waals surface area contributed by atoms with Crippen molar-refractivity contribution in [2.24, 2.45) is 5.41 Å². The van der Waals surface area contributed by atoms with E-state index in [-0.39, 0.29) is 23.7 Å². The Morgan fingerprint density at radius 2 is 2.04 bits per heavy atom. The van der Waals surface area contributed by atoms with Gasteiger partial charge in [0.05, 0.1) is 24.3 Å². The maximum atomic E-state index is 12.5. The Balaban J connectivity index is 0.00000264. The lowest BCUT2D eigenvalue weighted by atomic mass is 9.79. The molecule has 0 radical (unpaired) electrons. The largest absolute Gasteiger partial charge is 0.496 e. The van der Waals surface area contributed by atoms with E-state index in [0.717, 1.165) is 25.9 Å². The van der Waals surface area contributed by atoms with Gasteiger partial charge in [-0.2, -0.15) is 0 Å². The highest BCUT2D eigenvalue weighted by Crippen LogP contribution is 2.30. The summed E-state index contributed by atoms with van der Waals surface area (Å²) in [5, 5.41) is 6.73. The van der Waals surface area contributed by atoms with Gasteiger partial charge in [-0.1, -0.05) is 17.7 Å². The molecule has 7 heteroatoms. The van der Waals surface area contributed by atoms with Crippen molar-refractivity contribution < 1.29 is 14.3 Å². The van der Waals surface area contributed by atoms with E-state index < -0.39 is 0 Å². The van der Waals surface area contributed by atoms with Gasteiger partial charge in [0.2, 0.25) is 0 Å². The Kier molecular flexibility index (Phi) is 8.12. The monoisotopic (exact) mass is 362 g/mol. The van der Waals surface area contributed by atoms with Gasteiger partial charge < -0.3 is 20.1 Å². The van der Waals surface area contributed by atoms with Gasteiger partial charge >= 0.3 is 0 Å². The van der Waals surface area contributed by atoms with Gasteiger partial charge in [0.25, 0.3) is 5.91 Å². The summed E-state index contributed by atoms with van der Waals surface area (Å²) in [5.41, 5.74) is 0.359. The predicted octanol–water partition coefficient (Wildman–Crippen LogP) is 2.52. The second-order valence-electron chi connectivity index (χ2n) is 5.68. The van der Waals surface area contributed by atoms with Crippen LogP contribution in [0, 0.1) is 5.41 Å². The fourth-order valence-electron chi connectivity index (χ4n) is 2.89. The van der Waals surface area contributed by atoms with E-state index in [1.54, 1.807) is 25.3 Å². The molecule has 1 aliphatic heterocycles. The maximum Gasteiger partial charge on any atom is 0.256 e. The van der Waals surface area contributed by atoms with Crippen molar-refractivity contribution >= 4 is 29.9 Å². The van der Waals surface area contributed by atoms with Crippen molar-refractivity contribution in [2.45, 2.75) is 12.8 Å². The number of benzene rings is 1. The van der Waals surface area contributed by atoms with Crippen LogP contribution in [0.2, 0.25) is 5.02 Å². The molecule has 5 nitrogen and oxygen atoms in total. The van der Waals surface area contributed by atoms with E-state index >= 15 is 0 Å². The molecule has 130 valence electrons. The first-order valence-corrected chi connectivity index (χ1v) is 7.80. The fraction of sp³-hybridized carbons (Fsp3) is 0.562. The number of methoxy groups -OCH3 is 2. The lowest BCUT2D eigenvalue weighted by Gasteiger charge is -2.37. The summed E-state index contributed by atoms with van der Waals surface area (Å²) < 4.78 is 10.6. The number of hydrogen-bond acceptors (Lipinski definition) is 4. The summed E-state index contributed by atoms with van der Waals surface area (Å²) in [6, 6.07) is 5.18. The number of amides is 1. The molecule has 0 aliphatic carbocycles. The maximum absolute atomic E-state index is 12.5. The summed E-state index contributed by atoms with van der Waals surface area (Å²) >= 11 is 6.14. The topological polar surface area (TPSA) is 59.6 Å². The van der Waals surface area contributed by atoms with Crippen molar-refractivity contribution in [1.29, 1.82) is 0 Å². The van der Waals surface area contributed by atoms with Gasteiger partial charge in [0, 0.05) is 19.1 Å². The molecule has 2 N–H and O–H groups in total. The van der Waals surface area contributed by atoms with Crippen LogP contribution in [-0.4, -0.2) is 46.4 Å². The second-order valence-corrected chi connectivity index (χ2v) is 6.09. The van der Waals surface area contributed by atoms with Crippen molar-refractivity contribution in [1.82, 2.24) is 10.6 Å². The van der Waals surface area contributed by atoms with Crippen LogP contribution in [0.3, 0.4) is 0 Å². The molecule has 1 amide bonds. The summed E-state index contributed by atoms with van der Waals surface area (Å²) in [4.78, 5) is 12.5. The lowest BCUT2D eigenvalue weighted by molar-refractivity contribution is 0.0511. The SMILES string of the molecule is COCC1(CNC(=O)c2c(Cl)cccc2OC)CCNCC1.Cl. The van der Waals surface area contributed by atoms with E-state index in [1.807, 2.05) is 0 Å². The van der Waals surface area contributed by atoms with E-state index in [2.05, 4.69) is 10.6 Å². The molecule has 2 rings (SSSR count). The molecule has 0 unspecified atom stereocenters. The molecule has 1 saturated heterocycles. The Bertz CT molecular complexity index is 515. The van der Waals surface area contributed by atoms with E-state index in [9.17, 15) is 4.79 Å². The molecule has 1 aromatic carbocycles. The molecule has 23 heavy (non-hydrogen) atoms. The van der Waals surface area contributed by atoms with Crippen LogP contribution in [0.25, 0.3) is 0 Å². The van der Waals surface area contributed by atoms with Gasteiger partial charge in [-0.15, -0.1) is 12.4 Å². The van der Waals surface area contributed by atoms with Gasteiger partial charge in [-0.05, 0) is 38.1 Å². The zero-order chi connectivity index (χ0) is 16.0. The molecule has 1 aliphatic rings. The van der Waals surface area contributed by atoms with E-state index in [0.29, 0.717) is 29.5 Å². The van der Waals surface area contributed by atoms with E-state index in [4.69, 9.17) is 21.1 Å². The summed E-state index contributed by atoms with van der Waals surface area (Å²) in [5.74, 6) is 0.271. The number of nitrogens with one attached hydrogen (secondary N) is 2. The molecule has 1 fully saturated rings. The van der Waals surface area contributed by atoms with Crippen LogP contribution in [0.1, 0.15) is 23.2 Å². The number of rotatable bonds is 6. The number of hydrogen-bond donors (Lipinski definition) is 2. The van der Waals surface area contributed by atoms with Crippen molar-refractivity contribution in [3.63, 3.8) is 0 Å². The third-order valence-corrected chi connectivity index (χ3v) is 4.48. The minimum Gasteiger partial charge on any atom is -0.496 e. The Morgan fingerprint density at radius 1 is 1.35 bits per heavy atom. The van der Waals surface area contributed by atoms with Crippen molar-refractivity contribution in [3.8, 4) is 5.75 Å². The number of carbonyl (C=O) groups excluding carboxylic acids is 1.